The lowest BCUT2D eigenvalue weighted by atomic mass is 9.87. The minimum atomic E-state index is -0.0251. The second-order valence-corrected chi connectivity index (χ2v) is 7.61. The molecule has 0 radical (unpaired) electrons. The van der Waals surface area contributed by atoms with Crippen LogP contribution in [0.5, 0.6) is 0 Å². The third-order valence-electron chi connectivity index (χ3n) is 4.83. The van der Waals surface area contributed by atoms with Gasteiger partial charge in [-0.05, 0) is 43.7 Å². The molecule has 122 valence electrons. The Hall–Kier alpha value is -1.54. The maximum Gasteiger partial charge on any atom is 0.255 e. The number of aromatic nitrogens is 1. The molecule has 1 saturated heterocycles. The Morgan fingerprint density at radius 2 is 1.96 bits per heavy atom. The van der Waals surface area contributed by atoms with Gasteiger partial charge in [-0.15, -0.1) is 0 Å². The number of rotatable bonds is 4. The molecule has 5 heteroatoms. The molecule has 0 aromatic carbocycles. The van der Waals surface area contributed by atoms with Crippen LogP contribution in [0.25, 0.3) is 0 Å². The molecule has 1 aliphatic carbocycles. The van der Waals surface area contributed by atoms with Gasteiger partial charge >= 0.3 is 0 Å². The molecule has 1 aromatic rings. The zero-order valence-corrected chi connectivity index (χ0v) is 14.2. The second-order valence-electron chi connectivity index (χ2n) is 6.45. The highest BCUT2D eigenvalue weighted by atomic mass is 32.2. The minimum Gasteiger partial charge on any atom is -0.339 e. The lowest BCUT2D eigenvalue weighted by molar-refractivity contribution is 0.0792. The van der Waals surface area contributed by atoms with Crippen molar-refractivity contribution in [3.8, 4) is 6.07 Å². The van der Waals surface area contributed by atoms with Crippen LogP contribution < -0.4 is 0 Å². The SMILES string of the molecule is N#C[C@@H](Sc1ccc(C(=O)N2CCCC2)cn1)C1CCCCC1. The number of hydrogen-bond donors (Lipinski definition) is 0. The molecule has 0 unspecified atom stereocenters. The fraction of sp³-hybridized carbons (Fsp3) is 0.611. The normalized spacial score (nSPS) is 20.2. The van der Waals surface area contributed by atoms with Gasteiger partial charge in [0.05, 0.1) is 16.7 Å². The molecule has 1 amide bonds. The Kier molecular flexibility index (Phi) is 5.56. The highest BCUT2D eigenvalue weighted by Crippen LogP contribution is 2.35. The van der Waals surface area contributed by atoms with Gasteiger partial charge in [0.1, 0.15) is 5.25 Å². The summed E-state index contributed by atoms with van der Waals surface area (Å²) < 4.78 is 0. The summed E-state index contributed by atoms with van der Waals surface area (Å²) in [5.74, 6) is 0.558. The van der Waals surface area contributed by atoms with Gasteiger partial charge in [-0.1, -0.05) is 31.0 Å². The summed E-state index contributed by atoms with van der Waals surface area (Å²) in [6.07, 6.45) is 9.92. The number of thioether (sulfide) groups is 1. The predicted octanol–water partition coefficient (Wildman–Crippen LogP) is 3.88. The lowest BCUT2D eigenvalue weighted by Gasteiger charge is -2.25. The molecule has 2 heterocycles. The molecule has 0 N–H and O–H groups in total. The molecule has 1 aliphatic heterocycles. The van der Waals surface area contributed by atoms with Gasteiger partial charge in [0.2, 0.25) is 0 Å². The maximum absolute atomic E-state index is 12.3. The average molecular weight is 329 g/mol. The summed E-state index contributed by atoms with van der Waals surface area (Å²) in [6, 6.07) is 6.19. The monoisotopic (exact) mass is 329 g/mol. The van der Waals surface area contributed by atoms with Crippen molar-refractivity contribution in [2.24, 2.45) is 5.92 Å². The van der Waals surface area contributed by atoms with Gasteiger partial charge in [0.15, 0.2) is 0 Å². The molecule has 2 fully saturated rings. The lowest BCUT2D eigenvalue weighted by Crippen LogP contribution is -2.27. The first kappa shape index (κ1) is 16.3. The van der Waals surface area contributed by atoms with E-state index in [1.165, 1.54) is 19.3 Å². The summed E-state index contributed by atoms with van der Waals surface area (Å²) in [6.45, 7) is 1.71. The van der Waals surface area contributed by atoms with E-state index in [-0.39, 0.29) is 11.2 Å². The van der Waals surface area contributed by atoms with E-state index >= 15 is 0 Å². The van der Waals surface area contributed by atoms with E-state index in [1.807, 2.05) is 17.0 Å². The standard InChI is InChI=1S/C18H23N3OS/c19-12-16(14-6-2-1-3-7-14)23-17-9-8-15(13-20-17)18(22)21-10-4-5-11-21/h8-9,13-14,16H,1-7,10-11H2/t16-/m1/s1. The van der Waals surface area contributed by atoms with Gasteiger partial charge in [0.25, 0.3) is 5.91 Å². The van der Waals surface area contributed by atoms with Gasteiger partial charge in [-0.2, -0.15) is 5.26 Å². The zero-order chi connectivity index (χ0) is 16.1. The fourth-order valence-electron chi connectivity index (χ4n) is 3.47. The minimum absolute atomic E-state index is 0.0251. The quantitative estimate of drug-likeness (QED) is 0.787. The number of amides is 1. The Balaban J connectivity index is 1.62. The van der Waals surface area contributed by atoms with Crippen LogP contribution in [0, 0.1) is 17.2 Å². The first-order valence-corrected chi connectivity index (χ1v) is 9.47. The topological polar surface area (TPSA) is 57.0 Å². The molecule has 0 spiro atoms. The number of pyridine rings is 1. The van der Waals surface area contributed by atoms with Crippen LogP contribution in [-0.2, 0) is 0 Å². The van der Waals surface area contributed by atoms with Gasteiger partial charge in [0, 0.05) is 19.3 Å². The van der Waals surface area contributed by atoms with Crippen LogP contribution in [0.4, 0.5) is 0 Å². The van der Waals surface area contributed by atoms with Crippen molar-refractivity contribution in [2.75, 3.05) is 13.1 Å². The summed E-state index contributed by atoms with van der Waals surface area (Å²) in [5.41, 5.74) is 0.655. The van der Waals surface area contributed by atoms with Crippen LogP contribution in [-0.4, -0.2) is 34.1 Å². The predicted molar refractivity (Wildman–Crippen MR) is 91.2 cm³/mol. The second kappa shape index (κ2) is 7.83. The van der Waals surface area contributed by atoms with Crippen LogP contribution in [0.15, 0.2) is 23.4 Å². The third-order valence-corrected chi connectivity index (χ3v) is 6.06. The third kappa shape index (κ3) is 4.06. The molecular weight excluding hydrogens is 306 g/mol. The van der Waals surface area contributed by atoms with Crippen LogP contribution >= 0.6 is 11.8 Å². The van der Waals surface area contributed by atoms with Crippen molar-refractivity contribution >= 4 is 17.7 Å². The largest absolute Gasteiger partial charge is 0.339 e. The molecule has 1 atom stereocenters. The van der Waals surface area contributed by atoms with E-state index in [1.54, 1.807) is 18.0 Å². The summed E-state index contributed by atoms with van der Waals surface area (Å²) in [4.78, 5) is 18.6. The Morgan fingerprint density at radius 3 is 2.57 bits per heavy atom. The number of nitriles is 1. The van der Waals surface area contributed by atoms with Crippen molar-refractivity contribution in [1.29, 1.82) is 5.26 Å². The Morgan fingerprint density at radius 1 is 1.22 bits per heavy atom. The van der Waals surface area contributed by atoms with Gasteiger partial charge < -0.3 is 4.90 Å². The van der Waals surface area contributed by atoms with Gasteiger partial charge in [-0.3, -0.25) is 4.79 Å². The van der Waals surface area contributed by atoms with Crippen molar-refractivity contribution in [3.05, 3.63) is 23.9 Å². The van der Waals surface area contributed by atoms with Crippen molar-refractivity contribution in [1.82, 2.24) is 9.88 Å². The summed E-state index contributed by atoms with van der Waals surface area (Å²) in [7, 11) is 0. The molecule has 2 aliphatic rings. The van der Waals surface area contributed by atoms with Crippen LogP contribution in [0.1, 0.15) is 55.3 Å². The van der Waals surface area contributed by atoms with E-state index in [4.69, 9.17) is 0 Å². The van der Waals surface area contributed by atoms with E-state index in [0.29, 0.717) is 11.5 Å². The van der Waals surface area contributed by atoms with E-state index in [0.717, 1.165) is 43.8 Å². The van der Waals surface area contributed by atoms with Crippen molar-refractivity contribution in [3.63, 3.8) is 0 Å². The first-order chi connectivity index (χ1) is 11.3. The molecule has 1 aromatic heterocycles. The van der Waals surface area contributed by atoms with E-state index < -0.39 is 0 Å². The van der Waals surface area contributed by atoms with Crippen LogP contribution in [0.3, 0.4) is 0 Å². The average Bonchev–Trinajstić information content (AvgIpc) is 3.15. The van der Waals surface area contributed by atoms with Crippen LogP contribution in [0.2, 0.25) is 0 Å². The van der Waals surface area contributed by atoms with Gasteiger partial charge in [-0.25, -0.2) is 4.98 Å². The summed E-state index contributed by atoms with van der Waals surface area (Å²) >= 11 is 1.55. The van der Waals surface area contributed by atoms with Crippen molar-refractivity contribution in [2.45, 2.75) is 55.2 Å². The highest BCUT2D eigenvalue weighted by Gasteiger charge is 2.25. The smallest absolute Gasteiger partial charge is 0.255 e. The molecule has 4 nitrogen and oxygen atoms in total. The Bertz CT molecular complexity index is 569. The zero-order valence-electron chi connectivity index (χ0n) is 13.4. The molecule has 0 bridgehead atoms. The maximum atomic E-state index is 12.3. The number of likely N-dealkylation sites (tertiary alicyclic amines) is 1. The Labute approximate surface area is 142 Å². The number of hydrogen-bond acceptors (Lipinski definition) is 4. The van der Waals surface area contributed by atoms with E-state index in [2.05, 4.69) is 11.1 Å². The number of carbonyl (C=O) groups is 1. The number of carbonyl (C=O) groups excluding carboxylic acids is 1. The molecule has 1 saturated carbocycles. The number of nitrogens with zero attached hydrogens (tertiary/aromatic N) is 3. The molecule has 3 rings (SSSR count). The first-order valence-electron chi connectivity index (χ1n) is 8.59. The fourth-order valence-corrected chi connectivity index (χ4v) is 4.51. The molecular formula is C18H23N3OS. The molecule has 23 heavy (non-hydrogen) atoms. The van der Waals surface area contributed by atoms with Crippen molar-refractivity contribution < 1.29 is 4.79 Å². The van der Waals surface area contributed by atoms with E-state index in [9.17, 15) is 10.1 Å². The highest BCUT2D eigenvalue weighted by molar-refractivity contribution is 8.00. The summed E-state index contributed by atoms with van der Waals surface area (Å²) in [5, 5.41) is 10.3.